The first-order chi connectivity index (χ1) is 16.5. The molecule has 1 aliphatic carbocycles. The average molecular weight is 486 g/mol. The third-order valence-electron chi connectivity index (χ3n) is 7.26. The molecule has 4 aromatic carbocycles. The second-order valence-electron chi connectivity index (χ2n) is 9.30. The molecule has 0 bridgehead atoms. The minimum atomic E-state index is -2.74. The van der Waals surface area contributed by atoms with Crippen molar-refractivity contribution < 1.29 is 4.79 Å². The maximum atomic E-state index is 14.3. The van der Waals surface area contributed by atoms with Crippen molar-refractivity contribution in [3.05, 3.63) is 119 Å². The van der Waals surface area contributed by atoms with E-state index in [2.05, 4.69) is 96.3 Å². The van der Waals surface area contributed by atoms with Gasteiger partial charge in [-0.05, 0) is 0 Å². The van der Waals surface area contributed by atoms with Crippen LogP contribution in [-0.2, 0) is 4.79 Å². The van der Waals surface area contributed by atoms with Gasteiger partial charge in [0.15, 0.2) is 0 Å². The molecule has 0 unspecified atom stereocenters. The average Bonchev–Trinajstić information content (AvgIpc) is 3.66. The number of amides is 1. The van der Waals surface area contributed by atoms with Crippen molar-refractivity contribution in [2.24, 2.45) is 0 Å². The van der Waals surface area contributed by atoms with Crippen LogP contribution in [0.3, 0.4) is 0 Å². The van der Waals surface area contributed by atoms with Crippen molar-refractivity contribution in [3.63, 3.8) is 0 Å². The molecule has 34 heavy (non-hydrogen) atoms. The van der Waals surface area contributed by atoms with Crippen LogP contribution < -0.4 is 21.2 Å². The van der Waals surface area contributed by atoms with Crippen molar-refractivity contribution in [1.29, 1.82) is 0 Å². The molecule has 1 fully saturated rings. The molecule has 1 N–H and O–H groups in total. The van der Waals surface area contributed by atoms with Crippen LogP contribution >= 0.6 is 18.9 Å². The zero-order chi connectivity index (χ0) is 23.8. The maximum absolute atomic E-state index is 14.3. The Bertz CT molecular complexity index is 1200. The van der Waals surface area contributed by atoms with Crippen LogP contribution in [0, 0.1) is 13.8 Å². The summed E-state index contributed by atoms with van der Waals surface area (Å²) in [7, 11) is -2.74. The van der Waals surface area contributed by atoms with Crippen molar-refractivity contribution in [3.8, 4) is 0 Å². The molecule has 0 spiro atoms. The number of benzene rings is 4. The van der Waals surface area contributed by atoms with Gasteiger partial charge in [0.25, 0.3) is 0 Å². The minimum absolute atomic E-state index is 0.115. The molecule has 4 heteroatoms. The van der Waals surface area contributed by atoms with Gasteiger partial charge in [-0.3, -0.25) is 0 Å². The first-order valence-corrected chi connectivity index (χ1v) is 14.1. The molecule has 1 amide bonds. The van der Waals surface area contributed by atoms with Gasteiger partial charge in [-0.1, -0.05) is 0 Å². The Labute approximate surface area is 207 Å². The number of nitrogens with one attached hydrogen (secondary N) is 1. The Morgan fingerprint density at radius 2 is 1.12 bits per heavy atom. The van der Waals surface area contributed by atoms with E-state index in [0.29, 0.717) is 5.02 Å². The van der Waals surface area contributed by atoms with Gasteiger partial charge in [0, 0.05) is 0 Å². The van der Waals surface area contributed by atoms with Crippen LogP contribution in [0.1, 0.15) is 24.0 Å². The first kappa shape index (κ1) is 22.8. The number of aryl methyl sites for hydroxylation is 2. The van der Waals surface area contributed by atoms with E-state index in [-0.39, 0.29) is 5.91 Å². The number of carbonyl (C=O) groups is 1. The number of hydrogen-bond donors (Lipinski definition) is 1. The van der Waals surface area contributed by atoms with Crippen LogP contribution in [-0.4, -0.2) is 11.1 Å². The summed E-state index contributed by atoms with van der Waals surface area (Å²) in [5, 5.41) is 7.38. The summed E-state index contributed by atoms with van der Waals surface area (Å²) in [6, 6.07) is 35.9. The van der Waals surface area contributed by atoms with Crippen molar-refractivity contribution in [2.45, 2.75) is 31.8 Å². The summed E-state index contributed by atoms with van der Waals surface area (Å²) in [5.74, 6) is 0.115. The summed E-state index contributed by atoms with van der Waals surface area (Å²) in [4.78, 5) is 14.3. The first-order valence-electron chi connectivity index (χ1n) is 11.7. The van der Waals surface area contributed by atoms with Crippen LogP contribution in [0.4, 0.5) is 5.69 Å². The van der Waals surface area contributed by atoms with Gasteiger partial charge in [0.05, 0.1) is 0 Å². The van der Waals surface area contributed by atoms with Crippen molar-refractivity contribution in [1.82, 2.24) is 0 Å². The van der Waals surface area contributed by atoms with E-state index in [1.807, 2.05) is 26.0 Å². The molecule has 5 rings (SSSR count). The fourth-order valence-corrected chi connectivity index (χ4v) is 12.0. The van der Waals surface area contributed by atoms with Crippen molar-refractivity contribution in [2.75, 3.05) is 5.32 Å². The second-order valence-corrected chi connectivity index (χ2v) is 13.9. The third-order valence-corrected chi connectivity index (χ3v) is 13.2. The standard InChI is InChI=1S/C30H29ClNOP/c1-22-20-24(31)21-23(2)28(22)32-29(33)30(18-19-30)34(25-12-6-3-7-13-25,26-14-8-4-9-15-26)27-16-10-5-11-17-27/h3-17,20-21,34H,18-19H2,1-2H3,(H,32,33). The fourth-order valence-electron chi connectivity index (χ4n) is 5.63. The Morgan fingerprint density at radius 1 is 0.735 bits per heavy atom. The van der Waals surface area contributed by atoms with Gasteiger partial charge in [-0.15, -0.1) is 0 Å². The number of carbonyl (C=O) groups excluding carboxylic acids is 1. The molecule has 0 radical (unpaired) electrons. The molecule has 0 saturated heterocycles. The number of rotatable bonds is 6. The normalized spacial score (nSPS) is 14.9. The molecule has 2 nitrogen and oxygen atoms in total. The fraction of sp³-hybridized carbons (Fsp3) is 0.167. The summed E-state index contributed by atoms with van der Waals surface area (Å²) >= 11 is 6.27. The van der Waals surface area contributed by atoms with Crippen LogP contribution in [0.15, 0.2) is 103 Å². The van der Waals surface area contributed by atoms with E-state index in [9.17, 15) is 4.79 Å². The van der Waals surface area contributed by atoms with Gasteiger partial charge < -0.3 is 0 Å². The molecule has 1 saturated carbocycles. The topological polar surface area (TPSA) is 29.1 Å². The molecular formula is C30H29ClNOP. The van der Waals surface area contributed by atoms with Crippen LogP contribution in [0.5, 0.6) is 0 Å². The van der Waals surface area contributed by atoms with E-state index >= 15 is 0 Å². The molecular weight excluding hydrogens is 457 g/mol. The molecule has 0 atom stereocenters. The van der Waals surface area contributed by atoms with Crippen LogP contribution in [0.2, 0.25) is 5.02 Å². The van der Waals surface area contributed by atoms with E-state index in [1.54, 1.807) is 0 Å². The number of hydrogen-bond acceptors (Lipinski definition) is 1. The van der Waals surface area contributed by atoms with E-state index in [1.165, 1.54) is 15.9 Å². The number of anilines is 1. The quantitative estimate of drug-likeness (QED) is 0.326. The Morgan fingerprint density at radius 3 is 1.47 bits per heavy atom. The molecule has 4 aromatic rings. The molecule has 0 aliphatic heterocycles. The predicted molar refractivity (Wildman–Crippen MR) is 148 cm³/mol. The molecule has 172 valence electrons. The Balaban J connectivity index is 1.74. The second kappa shape index (κ2) is 9.02. The van der Waals surface area contributed by atoms with Gasteiger partial charge in [-0.25, -0.2) is 0 Å². The molecule has 0 aromatic heterocycles. The zero-order valence-corrected chi connectivity index (χ0v) is 21.3. The molecule has 1 aliphatic rings. The van der Waals surface area contributed by atoms with E-state index in [0.717, 1.165) is 29.7 Å². The summed E-state index contributed by atoms with van der Waals surface area (Å²) in [5.41, 5.74) is 2.85. The van der Waals surface area contributed by atoms with Gasteiger partial charge >= 0.3 is 208 Å². The Kier molecular flexibility index (Phi) is 6.06. The summed E-state index contributed by atoms with van der Waals surface area (Å²) < 4.78 is 0. The van der Waals surface area contributed by atoms with E-state index in [4.69, 9.17) is 11.6 Å². The van der Waals surface area contributed by atoms with Crippen LogP contribution in [0.25, 0.3) is 0 Å². The monoisotopic (exact) mass is 485 g/mol. The number of halogens is 1. The van der Waals surface area contributed by atoms with Crippen molar-refractivity contribution >= 4 is 46.4 Å². The van der Waals surface area contributed by atoms with Gasteiger partial charge in [-0.2, -0.15) is 0 Å². The third kappa shape index (κ3) is 3.66. The summed E-state index contributed by atoms with van der Waals surface area (Å²) in [6.07, 6.45) is 1.74. The molecule has 0 heterocycles. The summed E-state index contributed by atoms with van der Waals surface area (Å²) in [6.45, 7) is 4.01. The van der Waals surface area contributed by atoms with E-state index < -0.39 is 12.4 Å². The van der Waals surface area contributed by atoms with Gasteiger partial charge in [0.1, 0.15) is 0 Å². The Hall–Kier alpha value is -2.93. The SMILES string of the molecule is Cc1cc(Cl)cc(C)c1NC(=O)C1([PH](c2ccccc2)(c2ccccc2)c2ccccc2)CC1. The zero-order valence-electron chi connectivity index (χ0n) is 19.5. The predicted octanol–water partition coefficient (Wildman–Crippen LogP) is 6.15. The van der Waals surface area contributed by atoms with Gasteiger partial charge in [0.2, 0.25) is 0 Å².